The van der Waals surface area contributed by atoms with Gasteiger partial charge in [-0.15, -0.1) is 0 Å². The highest BCUT2D eigenvalue weighted by molar-refractivity contribution is 7.71. The second-order valence-electron chi connectivity index (χ2n) is 17.8. The number of amides is 2. The SMILES string of the molecule is CCc1cc(Nc2ncc(C)c(Nc3ccc4nccnc4c3P(C)(C)=O)n2)c(OC)cc1C1CCC(C2CCN(CCc3cc(F)c([C@H]4CCC(=O)NC4=O)c(F)c3)CC2)CC1. The van der Waals surface area contributed by atoms with Crippen LogP contribution in [-0.2, 0) is 27.0 Å². The average Bonchev–Trinajstić information content (AvgIpc) is 3.27. The van der Waals surface area contributed by atoms with E-state index in [1.807, 2.05) is 19.1 Å². The number of hydrogen-bond donors (Lipinski definition) is 3. The first-order valence-corrected chi connectivity index (χ1v) is 24.8. The molecular weight excluding hydrogens is 822 g/mol. The minimum Gasteiger partial charge on any atom is -0.495 e. The molecule has 0 bridgehead atoms. The Bertz CT molecular complexity index is 2550. The number of hydrogen-bond acceptors (Lipinski definition) is 11. The van der Waals surface area contributed by atoms with Crippen molar-refractivity contribution in [1.29, 1.82) is 0 Å². The molecule has 332 valence electrons. The molecule has 0 unspecified atom stereocenters. The van der Waals surface area contributed by atoms with Crippen molar-refractivity contribution in [2.75, 3.05) is 50.7 Å². The lowest BCUT2D eigenvalue weighted by Crippen LogP contribution is -2.40. The van der Waals surface area contributed by atoms with Crippen LogP contribution in [0.1, 0.15) is 97.9 Å². The van der Waals surface area contributed by atoms with Crippen LogP contribution in [0.15, 0.2) is 55.0 Å². The summed E-state index contributed by atoms with van der Waals surface area (Å²) in [6.07, 6.45) is 13.4. The number of anilines is 4. The summed E-state index contributed by atoms with van der Waals surface area (Å²) < 4.78 is 49.7. The fourth-order valence-corrected chi connectivity index (χ4v) is 11.5. The van der Waals surface area contributed by atoms with E-state index < -0.39 is 36.5 Å². The molecule has 8 rings (SSSR count). The number of carbonyl (C=O) groups excluding carboxylic acids is 2. The molecule has 3 N–H and O–H groups in total. The Hall–Kier alpha value is -5.33. The number of aryl methyl sites for hydroxylation is 2. The van der Waals surface area contributed by atoms with E-state index in [2.05, 4.69) is 54.9 Å². The summed E-state index contributed by atoms with van der Waals surface area (Å²) in [5, 5.41) is 9.67. The number of halogens is 2. The molecule has 5 aromatic rings. The lowest BCUT2D eigenvalue weighted by Gasteiger charge is -2.39. The molecule has 2 saturated heterocycles. The van der Waals surface area contributed by atoms with Crippen LogP contribution in [0, 0.1) is 30.4 Å². The van der Waals surface area contributed by atoms with Gasteiger partial charge in [0.25, 0.3) is 0 Å². The van der Waals surface area contributed by atoms with E-state index in [9.17, 15) is 14.2 Å². The second-order valence-corrected chi connectivity index (χ2v) is 21.0. The van der Waals surface area contributed by atoms with Crippen molar-refractivity contribution in [3.63, 3.8) is 0 Å². The van der Waals surface area contributed by atoms with Crippen molar-refractivity contribution in [2.45, 2.75) is 89.9 Å². The molecule has 2 amide bonds. The Kier molecular flexibility index (Phi) is 13.2. The summed E-state index contributed by atoms with van der Waals surface area (Å²) in [4.78, 5) is 44.6. The van der Waals surface area contributed by atoms with Gasteiger partial charge in [0.05, 0.1) is 35.2 Å². The number of aromatic nitrogens is 4. The number of ether oxygens (including phenoxy) is 1. The molecule has 15 heteroatoms. The number of nitrogens with one attached hydrogen (secondary N) is 3. The van der Waals surface area contributed by atoms with Gasteiger partial charge >= 0.3 is 0 Å². The zero-order chi connectivity index (χ0) is 44.4. The summed E-state index contributed by atoms with van der Waals surface area (Å²) in [6.45, 7) is 10.2. The summed E-state index contributed by atoms with van der Waals surface area (Å²) in [6, 6.07) is 10.8. The van der Waals surface area contributed by atoms with Gasteiger partial charge < -0.3 is 24.8 Å². The van der Waals surface area contributed by atoms with Gasteiger partial charge in [-0.1, -0.05) is 6.92 Å². The Morgan fingerprint density at radius 1 is 0.889 bits per heavy atom. The van der Waals surface area contributed by atoms with Crippen molar-refractivity contribution in [3.05, 3.63) is 94.4 Å². The summed E-state index contributed by atoms with van der Waals surface area (Å²) in [5.74, 6) is 0.0456. The smallest absolute Gasteiger partial charge is 0.234 e. The largest absolute Gasteiger partial charge is 0.495 e. The number of benzene rings is 3. The molecule has 0 spiro atoms. The van der Waals surface area contributed by atoms with Crippen LogP contribution in [0.5, 0.6) is 5.75 Å². The van der Waals surface area contributed by atoms with Gasteiger partial charge in [-0.05, 0) is 162 Å². The monoisotopic (exact) mass is 878 g/mol. The van der Waals surface area contributed by atoms with Crippen LogP contribution in [0.4, 0.5) is 31.9 Å². The molecule has 2 aliphatic heterocycles. The quantitative estimate of drug-likeness (QED) is 0.0768. The van der Waals surface area contributed by atoms with Crippen molar-refractivity contribution >= 4 is 58.4 Å². The maximum Gasteiger partial charge on any atom is 0.234 e. The topological polar surface area (TPSA) is 151 Å². The maximum atomic E-state index is 15.1. The fourth-order valence-electron chi connectivity index (χ4n) is 10.1. The molecule has 3 fully saturated rings. The first kappa shape index (κ1) is 44.3. The predicted octanol–water partition coefficient (Wildman–Crippen LogP) is 9.06. The van der Waals surface area contributed by atoms with Crippen LogP contribution < -0.4 is 26.0 Å². The van der Waals surface area contributed by atoms with Crippen LogP contribution in [0.2, 0.25) is 0 Å². The fraction of sp³-hybridized carbons (Fsp3) is 0.458. The summed E-state index contributed by atoms with van der Waals surface area (Å²) in [7, 11) is -1.07. The highest BCUT2D eigenvalue weighted by atomic mass is 31.2. The average molecular weight is 879 g/mol. The lowest BCUT2D eigenvalue weighted by molar-refractivity contribution is -0.134. The van der Waals surface area contributed by atoms with E-state index in [4.69, 9.17) is 9.72 Å². The summed E-state index contributed by atoms with van der Waals surface area (Å²) in [5.41, 5.74) is 6.52. The molecule has 4 heterocycles. The molecule has 1 aliphatic carbocycles. The first-order valence-electron chi connectivity index (χ1n) is 22.2. The van der Waals surface area contributed by atoms with Crippen molar-refractivity contribution in [3.8, 4) is 5.75 Å². The molecular formula is C48H57F2N8O4P. The van der Waals surface area contributed by atoms with Gasteiger partial charge in [0.1, 0.15) is 35.9 Å². The number of rotatable bonds is 13. The third kappa shape index (κ3) is 9.77. The Labute approximate surface area is 367 Å². The zero-order valence-electron chi connectivity index (χ0n) is 36.8. The van der Waals surface area contributed by atoms with Crippen molar-refractivity contribution in [2.24, 2.45) is 11.8 Å². The lowest BCUT2D eigenvalue weighted by atomic mass is 9.70. The van der Waals surface area contributed by atoms with Gasteiger partial charge in [0.15, 0.2) is 0 Å². The van der Waals surface area contributed by atoms with E-state index in [-0.39, 0.29) is 18.4 Å². The predicted molar refractivity (Wildman–Crippen MR) is 243 cm³/mol. The van der Waals surface area contributed by atoms with Crippen LogP contribution >= 0.6 is 7.14 Å². The number of methoxy groups -OCH3 is 1. The minimum atomic E-state index is -2.76. The van der Waals surface area contributed by atoms with Crippen molar-refractivity contribution < 1.29 is 27.7 Å². The molecule has 12 nitrogen and oxygen atoms in total. The van der Waals surface area contributed by atoms with Crippen LogP contribution in [0.25, 0.3) is 11.0 Å². The molecule has 1 saturated carbocycles. The molecule has 1 atom stereocenters. The highest BCUT2D eigenvalue weighted by Crippen LogP contribution is 2.45. The molecule has 63 heavy (non-hydrogen) atoms. The minimum absolute atomic E-state index is 0.0707. The van der Waals surface area contributed by atoms with E-state index >= 15 is 8.78 Å². The van der Waals surface area contributed by atoms with Gasteiger partial charge in [0, 0.05) is 42.7 Å². The highest BCUT2D eigenvalue weighted by Gasteiger charge is 2.34. The normalized spacial score (nSPS) is 20.1. The van der Waals surface area contributed by atoms with E-state index in [0.717, 1.165) is 68.7 Å². The van der Waals surface area contributed by atoms with Gasteiger partial charge in [-0.25, -0.2) is 13.8 Å². The van der Waals surface area contributed by atoms with Gasteiger partial charge in [0.2, 0.25) is 17.8 Å². The van der Waals surface area contributed by atoms with Gasteiger partial charge in [-0.3, -0.25) is 24.9 Å². The molecule has 0 radical (unpaired) electrons. The number of nitrogens with zero attached hydrogens (tertiary/aromatic N) is 5. The first-order chi connectivity index (χ1) is 30.3. The zero-order valence-corrected chi connectivity index (χ0v) is 37.7. The number of fused-ring (bicyclic) bond motifs is 1. The maximum absolute atomic E-state index is 15.1. The van der Waals surface area contributed by atoms with Crippen LogP contribution in [0.3, 0.4) is 0 Å². The molecule has 3 aromatic carbocycles. The van der Waals surface area contributed by atoms with Crippen molar-refractivity contribution in [1.82, 2.24) is 30.2 Å². The number of likely N-dealkylation sites (tertiary alicyclic amines) is 1. The Morgan fingerprint density at radius 3 is 2.29 bits per heavy atom. The van der Waals surface area contributed by atoms with E-state index in [1.54, 1.807) is 39.0 Å². The second kappa shape index (κ2) is 18.8. The molecule has 3 aliphatic rings. The third-order valence-corrected chi connectivity index (χ3v) is 14.9. The standard InChI is InChI=1S/C48H57F2N8O4P/c1-6-30-25-40(55-48-53-27-28(2)46(57-48)54-39-13-12-38-44(52-19-18-51-38)45(39)63(4,5)61)41(62-3)26-35(30)33-9-7-31(8-10-33)32-16-21-58(22-17-32)20-15-29-23-36(49)43(37(50)24-29)34-11-14-42(59)56-47(34)60/h12-13,18-19,23-27,31-34H,6-11,14-17,20-22H2,1-5H3,(H,56,59,60)(H2,53,54,55,57)/t31?,33?,34-/m1/s1. The number of piperidine rings is 2. The van der Waals surface area contributed by atoms with Gasteiger partial charge in [-0.2, -0.15) is 4.98 Å². The van der Waals surface area contributed by atoms with E-state index in [1.165, 1.54) is 36.1 Å². The number of carbonyl (C=O) groups is 2. The Balaban J connectivity index is 0.868. The van der Waals surface area contributed by atoms with Crippen LogP contribution in [-0.4, -0.2) is 76.7 Å². The Morgan fingerprint density at radius 2 is 1.60 bits per heavy atom. The number of imide groups is 1. The molecule has 2 aromatic heterocycles. The summed E-state index contributed by atoms with van der Waals surface area (Å²) >= 11 is 0. The van der Waals surface area contributed by atoms with E-state index in [0.29, 0.717) is 63.5 Å². The third-order valence-electron chi connectivity index (χ3n) is 13.4.